The highest BCUT2D eigenvalue weighted by atomic mass is 16.5. The molecule has 0 aliphatic rings. The molecule has 0 aliphatic heterocycles. The number of fused-ring (bicyclic) bond motifs is 1. The van der Waals surface area contributed by atoms with Crippen LogP contribution >= 0.6 is 0 Å². The summed E-state index contributed by atoms with van der Waals surface area (Å²) in [4.78, 5) is 34.7. The predicted octanol–water partition coefficient (Wildman–Crippen LogP) is 4.13. The first kappa shape index (κ1) is 21.1. The van der Waals surface area contributed by atoms with Crippen molar-refractivity contribution in [1.29, 1.82) is 0 Å². The number of aromatic amines is 1. The molecule has 1 aromatic heterocycles. The number of hydrogen-bond donors (Lipinski definition) is 1. The van der Waals surface area contributed by atoms with Gasteiger partial charge < -0.3 is 14.6 Å². The van der Waals surface area contributed by atoms with E-state index >= 15 is 0 Å². The van der Waals surface area contributed by atoms with Gasteiger partial charge in [0.05, 0.1) is 24.6 Å². The maximum atomic E-state index is 13.5. The zero-order valence-electron chi connectivity index (χ0n) is 17.9. The fourth-order valence-electron chi connectivity index (χ4n) is 3.54. The molecule has 4 rings (SSSR count). The molecule has 3 aromatic carbocycles. The summed E-state index contributed by atoms with van der Waals surface area (Å²) in [5, 5.41) is 0.520. The van der Waals surface area contributed by atoms with Gasteiger partial charge in [-0.1, -0.05) is 60.7 Å². The number of rotatable bonds is 6. The van der Waals surface area contributed by atoms with Crippen LogP contribution in [-0.4, -0.2) is 34.9 Å². The Kier molecular flexibility index (Phi) is 6.12. The van der Waals surface area contributed by atoms with Gasteiger partial charge in [0.15, 0.2) is 0 Å². The third-order valence-electron chi connectivity index (χ3n) is 5.15. The molecule has 0 aliphatic carbocycles. The summed E-state index contributed by atoms with van der Waals surface area (Å²) in [6.07, 6.45) is 1.82. The number of amides is 1. The minimum absolute atomic E-state index is 0.162. The van der Waals surface area contributed by atoms with Crippen molar-refractivity contribution in [2.45, 2.75) is 6.54 Å². The Morgan fingerprint density at radius 1 is 1.00 bits per heavy atom. The molecule has 0 saturated heterocycles. The standard InChI is InChI=1S/C26H23N3O3/c1-29(17-24-27-22-14-8-7-13-20(22)25(30)28-24)26(31)21(18-10-4-3-5-11-18)16-19-12-6-9-15-23(19)32-2/h3-16H,17H2,1-2H3,(H,27,28,30)/b21-16+. The number of para-hydroxylation sites is 2. The lowest BCUT2D eigenvalue weighted by Gasteiger charge is -2.19. The Bertz CT molecular complexity index is 1340. The number of carbonyl (C=O) groups excluding carboxylic acids is 1. The molecular weight excluding hydrogens is 402 g/mol. The second-order valence-corrected chi connectivity index (χ2v) is 7.36. The number of benzene rings is 3. The Balaban J connectivity index is 1.70. The van der Waals surface area contributed by atoms with Gasteiger partial charge in [0.1, 0.15) is 11.6 Å². The van der Waals surface area contributed by atoms with Crippen LogP contribution in [0.3, 0.4) is 0 Å². The molecule has 1 heterocycles. The van der Waals surface area contributed by atoms with Gasteiger partial charge in [-0.05, 0) is 29.8 Å². The van der Waals surface area contributed by atoms with Crippen LogP contribution in [0, 0.1) is 0 Å². The molecule has 0 radical (unpaired) electrons. The van der Waals surface area contributed by atoms with Gasteiger partial charge in [-0.2, -0.15) is 0 Å². The molecule has 0 unspecified atom stereocenters. The van der Waals surface area contributed by atoms with Gasteiger partial charge >= 0.3 is 0 Å². The molecule has 1 N–H and O–H groups in total. The zero-order chi connectivity index (χ0) is 22.5. The average Bonchev–Trinajstić information content (AvgIpc) is 2.83. The number of ether oxygens (including phenoxy) is 1. The van der Waals surface area contributed by atoms with Crippen molar-refractivity contribution in [2.75, 3.05) is 14.2 Å². The van der Waals surface area contributed by atoms with E-state index in [-0.39, 0.29) is 18.0 Å². The largest absolute Gasteiger partial charge is 0.496 e. The molecule has 160 valence electrons. The van der Waals surface area contributed by atoms with Crippen LogP contribution in [0.2, 0.25) is 0 Å². The van der Waals surface area contributed by atoms with E-state index in [4.69, 9.17) is 4.74 Å². The van der Waals surface area contributed by atoms with Gasteiger partial charge in [-0.15, -0.1) is 0 Å². The topological polar surface area (TPSA) is 75.3 Å². The molecule has 0 saturated carbocycles. The number of carbonyl (C=O) groups is 1. The smallest absolute Gasteiger partial charge is 0.258 e. The molecule has 0 fully saturated rings. The lowest BCUT2D eigenvalue weighted by molar-refractivity contribution is -0.124. The van der Waals surface area contributed by atoms with Crippen molar-refractivity contribution in [3.05, 3.63) is 106 Å². The van der Waals surface area contributed by atoms with Gasteiger partial charge in [-0.25, -0.2) is 4.98 Å². The first-order chi connectivity index (χ1) is 15.6. The highest BCUT2D eigenvalue weighted by Crippen LogP contribution is 2.26. The predicted molar refractivity (Wildman–Crippen MR) is 126 cm³/mol. The summed E-state index contributed by atoms with van der Waals surface area (Å²) < 4.78 is 5.45. The Hall–Kier alpha value is -4.19. The molecule has 0 atom stereocenters. The minimum atomic E-state index is -0.223. The van der Waals surface area contributed by atoms with Gasteiger partial charge in [0.2, 0.25) is 0 Å². The minimum Gasteiger partial charge on any atom is -0.496 e. The average molecular weight is 425 g/mol. The molecule has 0 bridgehead atoms. The van der Waals surface area contributed by atoms with Crippen molar-refractivity contribution in [3.63, 3.8) is 0 Å². The monoisotopic (exact) mass is 425 g/mol. The Morgan fingerprint density at radius 3 is 2.47 bits per heavy atom. The molecule has 6 nitrogen and oxygen atoms in total. The summed E-state index contributed by atoms with van der Waals surface area (Å²) in [5.74, 6) is 0.907. The third kappa shape index (κ3) is 4.44. The van der Waals surface area contributed by atoms with E-state index in [2.05, 4.69) is 9.97 Å². The second kappa shape index (κ2) is 9.31. The summed E-state index contributed by atoms with van der Waals surface area (Å²) in [5.41, 5.74) is 2.48. The lowest BCUT2D eigenvalue weighted by Crippen LogP contribution is -2.29. The van der Waals surface area contributed by atoms with Crippen molar-refractivity contribution >= 4 is 28.5 Å². The van der Waals surface area contributed by atoms with E-state index < -0.39 is 0 Å². The number of H-pyrrole nitrogens is 1. The molecule has 4 aromatic rings. The van der Waals surface area contributed by atoms with Gasteiger partial charge in [0.25, 0.3) is 11.5 Å². The van der Waals surface area contributed by atoms with E-state index in [0.717, 1.165) is 11.1 Å². The number of nitrogens with one attached hydrogen (secondary N) is 1. The Morgan fingerprint density at radius 2 is 1.69 bits per heavy atom. The normalized spacial score (nSPS) is 11.4. The number of likely N-dealkylation sites (N-methyl/N-ethyl adjacent to an activating group) is 1. The first-order valence-electron chi connectivity index (χ1n) is 10.2. The zero-order valence-corrected chi connectivity index (χ0v) is 17.9. The van der Waals surface area contributed by atoms with Crippen LogP contribution in [0.5, 0.6) is 5.75 Å². The summed E-state index contributed by atoms with van der Waals surface area (Å²) in [6, 6.07) is 24.1. The van der Waals surface area contributed by atoms with Crippen molar-refractivity contribution in [2.24, 2.45) is 0 Å². The van der Waals surface area contributed by atoms with Crippen molar-refractivity contribution < 1.29 is 9.53 Å². The number of aromatic nitrogens is 2. The SMILES string of the molecule is COc1ccccc1/C=C(/C(=O)N(C)Cc1nc2ccccc2c(=O)[nH]1)c1ccccc1. The summed E-state index contributed by atoms with van der Waals surface area (Å²) in [7, 11) is 3.29. The highest BCUT2D eigenvalue weighted by Gasteiger charge is 2.19. The van der Waals surface area contributed by atoms with Gasteiger partial charge in [0, 0.05) is 18.2 Å². The fourth-order valence-corrected chi connectivity index (χ4v) is 3.54. The van der Waals surface area contributed by atoms with E-state index in [0.29, 0.717) is 28.0 Å². The van der Waals surface area contributed by atoms with Crippen LogP contribution in [0.25, 0.3) is 22.6 Å². The number of methoxy groups -OCH3 is 1. The number of hydrogen-bond acceptors (Lipinski definition) is 4. The van der Waals surface area contributed by atoms with Crippen molar-refractivity contribution in [1.82, 2.24) is 14.9 Å². The van der Waals surface area contributed by atoms with Crippen LogP contribution < -0.4 is 10.3 Å². The van der Waals surface area contributed by atoms with Crippen LogP contribution in [0.4, 0.5) is 0 Å². The summed E-state index contributed by atoms with van der Waals surface area (Å²) in [6.45, 7) is 0.162. The van der Waals surface area contributed by atoms with Crippen LogP contribution in [0.1, 0.15) is 17.0 Å². The van der Waals surface area contributed by atoms with E-state index in [1.54, 1.807) is 37.3 Å². The third-order valence-corrected chi connectivity index (χ3v) is 5.15. The maximum absolute atomic E-state index is 13.5. The molecule has 6 heteroatoms. The quantitative estimate of drug-likeness (QED) is 0.372. The fraction of sp³-hybridized carbons (Fsp3) is 0.115. The summed E-state index contributed by atoms with van der Waals surface area (Å²) >= 11 is 0. The van der Waals surface area contributed by atoms with Crippen LogP contribution in [0.15, 0.2) is 83.7 Å². The first-order valence-corrected chi connectivity index (χ1v) is 10.2. The van der Waals surface area contributed by atoms with E-state index in [9.17, 15) is 9.59 Å². The van der Waals surface area contributed by atoms with Crippen molar-refractivity contribution in [3.8, 4) is 5.75 Å². The molecule has 1 amide bonds. The Labute approximate surface area is 185 Å². The highest BCUT2D eigenvalue weighted by molar-refractivity contribution is 6.24. The second-order valence-electron chi connectivity index (χ2n) is 7.36. The molecular formula is C26H23N3O3. The van der Waals surface area contributed by atoms with E-state index in [1.165, 1.54) is 0 Å². The number of nitrogens with zero attached hydrogens (tertiary/aromatic N) is 2. The maximum Gasteiger partial charge on any atom is 0.258 e. The van der Waals surface area contributed by atoms with Crippen LogP contribution in [-0.2, 0) is 11.3 Å². The van der Waals surface area contributed by atoms with Gasteiger partial charge in [-0.3, -0.25) is 9.59 Å². The molecule has 32 heavy (non-hydrogen) atoms. The van der Waals surface area contributed by atoms with E-state index in [1.807, 2.05) is 66.7 Å². The lowest BCUT2D eigenvalue weighted by atomic mass is 10.0. The molecule has 0 spiro atoms.